The molecule has 80 valence electrons. The third-order valence-electron chi connectivity index (χ3n) is 3.16. The maximum Gasteiger partial charge on any atom is 0.176 e. The molecule has 15 heavy (non-hydrogen) atoms. The van der Waals surface area contributed by atoms with Crippen molar-refractivity contribution in [1.29, 1.82) is 0 Å². The maximum atomic E-state index is 11.3. The molecule has 0 aromatic heterocycles. The molecule has 0 heterocycles. The van der Waals surface area contributed by atoms with E-state index < -0.39 is 0 Å². The van der Waals surface area contributed by atoms with Gasteiger partial charge in [0.1, 0.15) is 0 Å². The third-order valence-corrected chi connectivity index (χ3v) is 3.16. The van der Waals surface area contributed by atoms with Crippen LogP contribution in [0.1, 0.15) is 28.8 Å². The van der Waals surface area contributed by atoms with E-state index in [1.54, 1.807) is 12.1 Å². The molecule has 0 bridgehead atoms. The van der Waals surface area contributed by atoms with Crippen LogP contribution in [0.3, 0.4) is 0 Å². The Morgan fingerprint density at radius 1 is 1.33 bits per heavy atom. The van der Waals surface area contributed by atoms with Crippen molar-refractivity contribution in [3.05, 3.63) is 35.4 Å². The summed E-state index contributed by atoms with van der Waals surface area (Å²) in [5.41, 5.74) is 7.03. The van der Waals surface area contributed by atoms with Crippen molar-refractivity contribution >= 4 is 5.78 Å². The zero-order valence-electron chi connectivity index (χ0n) is 8.57. The molecular weight excluding hydrogens is 190 g/mol. The second-order valence-corrected chi connectivity index (χ2v) is 4.14. The maximum absolute atomic E-state index is 11.3. The Hall–Kier alpha value is -1.19. The molecule has 0 amide bonds. The summed E-state index contributed by atoms with van der Waals surface area (Å²) in [5, 5.41) is 9.25. The van der Waals surface area contributed by atoms with Crippen LogP contribution in [-0.2, 0) is 5.41 Å². The first kappa shape index (κ1) is 10.3. The van der Waals surface area contributed by atoms with Gasteiger partial charge in [0.2, 0.25) is 0 Å². The van der Waals surface area contributed by atoms with E-state index in [1.807, 2.05) is 12.1 Å². The number of Topliss-reactive ketones (excluding diaryl/α,β-unsaturated/α-hetero) is 1. The number of benzene rings is 1. The van der Waals surface area contributed by atoms with Crippen LogP contribution in [0.5, 0.6) is 0 Å². The summed E-state index contributed by atoms with van der Waals surface area (Å²) in [7, 11) is 0. The van der Waals surface area contributed by atoms with Gasteiger partial charge in [-0.1, -0.05) is 24.3 Å². The van der Waals surface area contributed by atoms with Crippen LogP contribution >= 0.6 is 0 Å². The number of ketones is 1. The fourth-order valence-electron chi connectivity index (χ4n) is 1.82. The van der Waals surface area contributed by atoms with Crippen molar-refractivity contribution in [2.24, 2.45) is 5.73 Å². The van der Waals surface area contributed by atoms with Crippen LogP contribution in [0.2, 0.25) is 0 Å². The average Bonchev–Trinajstić information content (AvgIpc) is 3.09. The van der Waals surface area contributed by atoms with Gasteiger partial charge in [0.15, 0.2) is 5.78 Å². The lowest BCUT2D eigenvalue weighted by atomic mass is 9.95. The van der Waals surface area contributed by atoms with Gasteiger partial charge in [0.25, 0.3) is 0 Å². The van der Waals surface area contributed by atoms with E-state index >= 15 is 0 Å². The first-order valence-electron chi connectivity index (χ1n) is 5.16. The largest absolute Gasteiger partial charge is 0.395 e. The molecule has 0 saturated heterocycles. The Kier molecular flexibility index (Phi) is 2.59. The Labute approximate surface area is 88.9 Å². The number of hydrogen-bond donors (Lipinski definition) is 2. The highest BCUT2D eigenvalue weighted by molar-refractivity contribution is 5.97. The lowest BCUT2D eigenvalue weighted by Gasteiger charge is -2.12. The van der Waals surface area contributed by atoms with Gasteiger partial charge in [-0.3, -0.25) is 4.79 Å². The molecule has 0 spiro atoms. The van der Waals surface area contributed by atoms with Gasteiger partial charge in [0.05, 0.1) is 13.2 Å². The monoisotopic (exact) mass is 205 g/mol. The predicted molar refractivity (Wildman–Crippen MR) is 57.8 cm³/mol. The Morgan fingerprint density at radius 3 is 2.33 bits per heavy atom. The number of nitrogens with two attached hydrogens (primary N) is 1. The standard InChI is InChI=1S/C12H15NO2/c13-7-11(15)9-1-3-10(4-2-9)12(8-14)5-6-12/h1-4,14H,5-8,13H2. The molecule has 3 N–H and O–H groups in total. The summed E-state index contributed by atoms with van der Waals surface area (Å²) in [6.45, 7) is 0.238. The van der Waals surface area contributed by atoms with Gasteiger partial charge in [-0.15, -0.1) is 0 Å². The van der Waals surface area contributed by atoms with Gasteiger partial charge >= 0.3 is 0 Å². The Morgan fingerprint density at radius 2 is 1.93 bits per heavy atom. The fraction of sp³-hybridized carbons (Fsp3) is 0.417. The second kappa shape index (κ2) is 3.76. The molecule has 1 fully saturated rings. The molecule has 0 atom stereocenters. The predicted octanol–water partition coefficient (Wildman–Crippen LogP) is 0.852. The number of carbonyl (C=O) groups is 1. The van der Waals surface area contributed by atoms with E-state index in [0.717, 1.165) is 18.4 Å². The highest BCUT2D eigenvalue weighted by Gasteiger charge is 2.43. The molecule has 1 aromatic rings. The molecule has 3 nitrogen and oxygen atoms in total. The van der Waals surface area contributed by atoms with Crippen molar-refractivity contribution in [3.63, 3.8) is 0 Å². The summed E-state index contributed by atoms with van der Waals surface area (Å²) >= 11 is 0. The van der Waals surface area contributed by atoms with Crippen LogP contribution in [-0.4, -0.2) is 24.0 Å². The highest BCUT2D eigenvalue weighted by Crippen LogP contribution is 2.47. The number of aliphatic hydroxyl groups is 1. The number of carbonyl (C=O) groups excluding carboxylic acids is 1. The lowest BCUT2D eigenvalue weighted by molar-refractivity contribution is 0.100. The van der Waals surface area contributed by atoms with E-state index in [4.69, 9.17) is 5.73 Å². The summed E-state index contributed by atoms with van der Waals surface area (Å²) in [6.07, 6.45) is 2.07. The third kappa shape index (κ3) is 1.80. The number of rotatable bonds is 4. The van der Waals surface area contributed by atoms with E-state index in [9.17, 15) is 9.90 Å². The van der Waals surface area contributed by atoms with E-state index in [2.05, 4.69) is 0 Å². The molecule has 1 aromatic carbocycles. The smallest absolute Gasteiger partial charge is 0.176 e. The molecule has 3 heteroatoms. The molecule has 1 saturated carbocycles. The van der Waals surface area contributed by atoms with Crippen LogP contribution < -0.4 is 5.73 Å². The summed E-state index contributed by atoms with van der Waals surface area (Å²) in [6, 6.07) is 7.43. The van der Waals surface area contributed by atoms with Gasteiger partial charge in [-0.05, 0) is 18.4 Å². The van der Waals surface area contributed by atoms with Crippen molar-refractivity contribution < 1.29 is 9.90 Å². The van der Waals surface area contributed by atoms with Crippen molar-refractivity contribution in [2.45, 2.75) is 18.3 Å². The van der Waals surface area contributed by atoms with Crippen molar-refractivity contribution in [2.75, 3.05) is 13.2 Å². The quantitative estimate of drug-likeness (QED) is 0.716. The lowest BCUT2D eigenvalue weighted by Crippen LogP contribution is -2.15. The molecule has 2 rings (SSSR count). The number of aliphatic hydroxyl groups excluding tert-OH is 1. The molecule has 0 unspecified atom stereocenters. The topological polar surface area (TPSA) is 63.3 Å². The summed E-state index contributed by atoms with van der Waals surface area (Å²) in [5.74, 6) is -0.0459. The van der Waals surface area contributed by atoms with Crippen LogP contribution in [0.25, 0.3) is 0 Å². The second-order valence-electron chi connectivity index (χ2n) is 4.14. The highest BCUT2D eigenvalue weighted by atomic mass is 16.3. The molecular formula is C12H15NO2. The van der Waals surface area contributed by atoms with Crippen LogP contribution in [0.15, 0.2) is 24.3 Å². The van der Waals surface area contributed by atoms with Crippen molar-refractivity contribution in [1.82, 2.24) is 0 Å². The van der Waals surface area contributed by atoms with Crippen LogP contribution in [0, 0.1) is 0 Å². The molecule has 0 radical (unpaired) electrons. The molecule has 1 aliphatic carbocycles. The zero-order valence-corrected chi connectivity index (χ0v) is 8.57. The van der Waals surface area contributed by atoms with Crippen molar-refractivity contribution in [3.8, 4) is 0 Å². The first-order valence-corrected chi connectivity index (χ1v) is 5.16. The van der Waals surface area contributed by atoms with E-state index in [0.29, 0.717) is 5.56 Å². The number of hydrogen-bond acceptors (Lipinski definition) is 3. The van der Waals surface area contributed by atoms with Crippen LogP contribution in [0.4, 0.5) is 0 Å². The van der Waals surface area contributed by atoms with E-state index in [1.165, 1.54) is 0 Å². The van der Waals surface area contributed by atoms with Gasteiger partial charge in [-0.25, -0.2) is 0 Å². The summed E-state index contributed by atoms with van der Waals surface area (Å²) in [4.78, 5) is 11.3. The fourth-order valence-corrected chi connectivity index (χ4v) is 1.82. The molecule has 1 aliphatic rings. The van der Waals surface area contributed by atoms with Gasteiger partial charge in [0, 0.05) is 11.0 Å². The minimum absolute atomic E-state index is 0.0235. The average molecular weight is 205 g/mol. The van der Waals surface area contributed by atoms with Gasteiger partial charge < -0.3 is 10.8 Å². The van der Waals surface area contributed by atoms with E-state index in [-0.39, 0.29) is 24.3 Å². The minimum Gasteiger partial charge on any atom is -0.395 e. The normalized spacial score (nSPS) is 17.5. The minimum atomic E-state index is -0.0459. The molecule has 0 aliphatic heterocycles. The Bertz CT molecular complexity index is 366. The zero-order chi connectivity index (χ0) is 10.9. The summed E-state index contributed by atoms with van der Waals surface area (Å²) < 4.78 is 0. The SMILES string of the molecule is NCC(=O)c1ccc(C2(CO)CC2)cc1. The first-order chi connectivity index (χ1) is 7.22. The Balaban J connectivity index is 2.21. The van der Waals surface area contributed by atoms with Gasteiger partial charge in [-0.2, -0.15) is 0 Å².